The lowest BCUT2D eigenvalue weighted by atomic mass is 10.1. The van der Waals surface area contributed by atoms with E-state index in [4.69, 9.17) is 11.6 Å². The van der Waals surface area contributed by atoms with Crippen LogP contribution < -0.4 is 0 Å². The van der Waals surface area contributed by atoms with Gasteiger partial charge in [-0.3, -0.25) is 0 Å². The normalized spacial score (nSPS) is 11.6. The molecule has 2 heterocycles. The monoisotopic (exact) mass is 274 g/mol. The molecule has 0 bridgehead atoms. The summed E-state index contributed by atoms with van der Waals surface area (Å²) in [6.07, 6.45) is 7.67. The summed E-state index contributed by atoms with van der Waals surface area (Å²) >= 11 is 6.01. The zero-order valence-corrected chi connectivity index (χ0v) is 11.4. The largest absolute Gasteiger partial charge is 0.339 e. The lowest BCUT2D eigenvalue weighted by Gasteiger charge is -1.99. The Morgan fingerprint density at radius 1 is 1.28 bits per heavy atom. The van der Waals surface area contributed by atoms with Gasteiger partial charge in [0.1, 0.15) is 5.65 Å². The smallest absolute Gasteiger partial charge is 0.138 e. The average molecular weight is 275 g/mol. The number of hydrogen-bond donors (Lipinski definition) is 1. The fourth-order valence-electron chi connectivity index (χ4n) is 2.16. The van der Waals surface area contributed by atoms with Crippen molar-refractivity contribution in [3.05, 3.63) is 41.0 Å². The van der Waals surface area contributed by atoms with Crippen molar-refractivity contribution in [3.8, 4) is 0 Å². The Morgan fingerprint density at radius 2 is 2.17 bits per heavy atom. The van der Waals surface area contributed by atoms with Crippen LogP contribution in [-0.2, 0) is 6.42 Å². The number of hydrogen-bond acceptors (Lipinski definition) is 1. The van der Waals surface area contributed by atoms with E-state index in [0.29, 0.717) is 5.02 Å². The van der Waals surface area contributed by atoms with E-state index in [1.54, 1.807) is 6.20 Å². The van der Waals surface area contributed by atoms with Crippen LogP contribution in [0.25, 0.3) is 21.9 Å². The van der Waals surface area contributed by atoms with Gasteiger partial charge in [-0.25, -0.2) is 4.98 Å². The molecule has 0 aliphatic carbocycles. The van der Waals surface area contributed by atoms with Gasteiger partial charge in [-0.2, -0.15) is 0 Å². The van der Waals surface area contributed by atoms with E-state index in [-0.39, 0.29) is 0 Å². The molecule has 90 valence electrons. The summed E-state index contributed by atoms with van der Waals surface area (Å²) in [7, 11) is 1.19. The second-order valence-corrected chi connectivity index (χ2v) is 5.58. The van der Waals surface area contributed by atoms with Gasteiger partial charge in [0, 0.05) is 22.5 Å². The highest BCUT2D eigenvalue weighted by atomic mass is 35.5. The van der Waals surface area contributed by atoms with Crippen molar-refractivity contribution in [2.75, 3.05) is 6.16 Å². The first-order valence-electron chi connectivity index (χ1n) is 5.76. The van der Waals surface area contributed by atoms with E-state index < -0.39 is 0 Å². The number of nitrogens with one attached hydrogen (secondary N) is 1. The molecule has 4 heteroatoms. The Balaban J connectivity index is 2.21. The predicted molar refractivity (Wildman–Crippen MR) is 81.2 cm³/mol. The third-order valence-corrected chi connectivity index (χ3v) is 3.79. The number of aromatic nitrogens is 2. The molecule has 0 spiro atoms. The number of pyridine rings is 1. The number of H-pyrrole nitrogens is 1. The number of fused-ring (bicyclic) bond motifs is 3. The average Bonchev–Trinajstić information content (AvgIpc) is 2.74. The van der Waals surface area contributed by atoms with E-state index in [1.807, 2.05) is 6.07 Å². The minimum atomic E-state index is 0.671. The lowest BCUT2D eigenvalue weighted by molar-refractivity contribution is 1.16. The molecule has 0 atom stereocenters. The van der Waals surface area contributed by atoms with Crippen LogP contribution in [0.5, 0.6) is 0 Å². The number of nitrogens with zero attached hydrogens (tertiary/aromatic N) is 1. The molecule has 2 aromatic heterocycles. The number of halogens is 1. The van der Waals surface area contributed by atoms with Gasteiger partial charge < -0.3 is 4.98 Å². The first-order chi connectivity index (χ1) is 8.78. The second kappa shape index (κ2) is 4.72. The van der Waals surface area contributed by atoms with E-state index in [9.17, 15) is 0 Å². The topological polar surface area (TPSA) is 28.7 Å². The second-order valence-electron chi connectivity index (χ2n) is 4.25. The summed E-state index contributed by atoms with van der Waals surface area (Å²) in [5.74, 6) is 0. The molecule has 0 radical (unpaired) electrons. The van der Waals surface area contributed by atoms with Gasteiger partial charge in [-0.1, -0.05) is 24.0 Å². The SMILES string of the molecule is C=PCCc1ccc2[nH]c3ncc(Cl)cc3c2c1. The molecule has 0 aliphatic heterocycles. The highest BCUT2D eigenvalue weighted by Gasteiger charge is 2.06. The fourth-order valence-corrected chi connectivity index (χ4v) is 2.73. The Morgan fingerprint density at radius 3 is 3.00 bits per heavy atom. The van der Waals surface area contributed by atoms with Crippen molar-refractivity contribution in [2.24, 2.45) is 0 Å². The Bertz CT molecular complexity index is 733. The molecule has 0 saturated carbocycles. The number of aryl methyl sites for hydroxylation is 1. The molecule has 1 N–H and O–H groups in total. The van der Waals surface area contributed by atoms with Gasteiger partial charge in [-0.15, -0.1) is 8.20 Å². The first-order valence-corrected chi connectivity index (χ1v) is 7.40. The fraction of sp³-hybridized carbons (Fsp3) is 0.143. The van der Waals surface area contributed by atoms with E-state index in [1.165, 1.54) is 19.2 Å². The van der Waals surface area contributed by atoms with Gasteiger partial charge in [0.2, 0.25) is 0 Å². The van der Waals surface area contributed by atoms with Gasteiger partial charge >= 0.3 is 0 Å². The number of aromatic amines is 1. The number of benzene rings is 1. The molecule has 3 rings (SSSR count). The molecular weight excluding hydrogens is 263 g/mol. The van der Waals surface area contributed by atoms with Crippen molar-refractivity contribution in [1.82, 2.24) is 9.97 Å². The van der Waals surface area contributed by atoms with Crippen molar-refractivity contribution in [3.63, 3.8) is 0 Å². The Hall–Kier alpha value is -1.37. The van der Waals surface area contributed by atoms with Crippen LogP contribution in [0.15, 0.2) is 30.5 Å². The third-order valence-electron chi connectivity index (χ3n) is 3.04. The molecule has 0 fully saturated rings. The molecule has 0 saturated heterocycles. The van der Waals surface area contributed by atoms with E-state index >= 15 is 0 Å². The minimum Gasteiger partial charge on any atom is -0.339 e. The molecule has 2 nitrogen and oxygen atoms in total. The Kier molecular flexibility index (Phi) is 3.07. The van der Waals surface area contributed by atoms with Gasteiger partial charge in [0.25, 0.3) is 0 Å². The Labute approximate surface area is 112 Å². The van der Waals surface area contributed by atoms with Crippen molar-refractivity contribution >= 4 is 48.0 Å². The third kappa shape index (κ3) is 2.03. The first kappa shape index (κ1) is 11.7. The quantitative estimate of drug-likeness (QED) is 0.709. The summed E-state index contributed by atoms with van der Waals surface area (Å²) in [5.41, 5.74) is 3.33. The predicted octanol–water partition coefficient (Wildman–Crippen LogP) is 4.29. The molecule has 3 aromatic rings. The molecular formula is C14H12ClN2P. The van der Waals surface area contributed by atoms with Crippen LogP contribution in [0, 0.1) is 0 Å². The summed E-state index contributed by atoms with van der Waals surface area (Å²) in [6.45, 7) is 0. The van der Waals surface area contributed by atoms with Crippen LogP contribution >= 0.6 is 19.8 Å². The van der Waals surface area contributed by atoms with Crippen LogP contribution in [0.3, 0.4) is 0 Å². The van der Waals surface area contributed by atoms with Crippen LogP contribution in [0.1, 0.15) is 5.56 Å². The summed E-state index contributed by atoms with van der Waals surface area (Å²) in [4.78, 5) is 7.62. The van der Waals surface area contributed by atoms with Crippen molar-refractivity contribution < 1.29 is 0 Å². The van der Waals surface area contributed by atoms with Gasteiger partial charge in [0.05, 0.1) is 5.02 Å². The zero-order valence-electron chi connectivity index (χ0n) is 9.78. The van der Waals surface area contributed by atoms with Crippen molar-refractivity contribution in [2.45, 2.75) is 6.42 Å². The highest BCUT2D eigenvalue weighted by molar-refractivity contribution is 7.36. The summed E-state index contributed by atoms with van der Waals surface area (Å²) in [5, 5.41) is 2.95. The van der Waals surface area contributed by atoms with Gasteiger partial charge in [0.15, 0.2) is 0 Å². The number of rotatable bonds is 3. The molecule has 1 aromatic carbocycles. The molecule has 0 unspecified atom stereocenters. The molecule has 0 amide bonds. The maximum Gasteiger partial charge on any atom is 0.138 e. The zero-order chi connectivity index (χ0) is 12.5. The van der Waals surface area contributed by atoms with E-state index in [0.717, 1.165) is 29.1 Å². The lowest BCUT2D eigenvalue weighted by Crippen LogP contribution is -1.85. The minimum absolute atomic E-state index is 0.671. The molecule has 0 aliphatic rings. The van der Waals surface area contributed by atoms with Crippen LogP contribution in [-0.4, -0.2) is 22.4 Å². The standard InChI is InChI=1S/C14H12ClN2P/c1-18-5-4-9-2-3-13-11(6-9)12-7-10(15)8-16-14(12)17-13/h2-3,6-8H,1,4-5H2,(H,16,17). The van der Waals surface area contributed by atoms with Gasteiger partial charge in [-0.05, 0) is 36.3 Å². The maximum absolute atomic E-state index is 6.01. The maximum atomic E-state index is 6.01. The van der Waals surface area contributed by atoms with E-state index in [2.05, 4.69) is 34.5 Å². The molecule has 18 heavy (non-hydrogen) atoms. The highest BCUT2D eigenvalue weighted by Crippen LogP contribution is 2.27. The van der Waals surface area contributed by atoms with Crippen molar-refractivity contribution in [1.29, 1.82) is 0 Å². The van der Waals surface area contributed by atoms with Crippen LogP contribution in [0.2, 0.25) is 5.02 Å². The summed E-state index contributed by atoms with van der Waals surface area (Å²) < 4.78 is 0. The van der Waals surface area contributed by atoms with Crippen LogP contribution in [0.4, 0.5) is 0 Å². The summed E-state index contributed by atoms with van der Waals surface area (Å²) in [6, 6.07) is 8.45.